The number of benzene rings is 1. The fourth-order valence-electron chi connectivity index (χ4n) is 2.51. The van der Waals surface area contributed by atoms with Crippen LogP contribution in [0.2, 0.25) is 5.02 Å². The number of aromatic nitrogens is 2. The summed E-state index contributed by atoms with van der Waals surface area (Å²) in [5.74, 6) is -0.328. The van der Waals surface area contributed by atoms with Crippen molar-refractivity contribution in [3.8, 4) is 0 Å². The maximum Gasteiger partial charge on any atom is 0.337 e. The Hall–Kier alpha value is -2.67. The highest BCUT2D eigenvalue weighted by Crippen LogP contribution is 2.24. The SMILES string of the molecule is CCCN(CCC)c1ncc(C(=O)Nc2cc(C(=O)OC)ccc2Cl)cn1. The van der Waals surface area contributed by atoms with Crippen LogP contribution in [-0.2, 0) is 4.74 Å². The van der Waals surface area contributed by atoms with E-state index in [-0.39, 0.29) is 0 Å². The first-order valence-electron chi connectivity index (χ1n) is 8.76. The van der Waals surface area contributed by atoms with Crippen LogP contribution in [0.15, 0.2) is 30.6 Å². The van der Waals surface area contributed by atoms with E-state index >= 15 is 0 Å². The molecule has 0 saturated heterocycles. The van der Waals surface area contributed by atoms with Crippen LogP contribution in [0.4, 0.5) is 11.6 Å². The Bertz CT molecular complexity index is 790. The first-order valence-corrected chi connectivity index (χ1v) is 9.14. The molecule has 144 valence electrons. The van der Waals surface area contributed by atoms with E-state index < -0.39 is 11.9 Å². The predicted molar refractivity (Wildman–Crippen MR) is 106 cm³/mol. The number of methoxy groups -OCH3 is 1. The predicted octanol–water partition coefficient (Wildman–Crippen LogP) is 3.80. The fraction of sp³-hybridized carbons (Fsp3) is 0.368. The summed E-state index contributed by atoms with van der Waals surface area (Å²) < 4.78 is 4.68. The maximum atomic E-state index is 12.5. The fourth-order valence-corrected chi connectivity index (χ4v) is 2.68. The normalized spacial score (nSPS) is 10.4. The van der Waals surface area contributed by atoms with Crippen molar-refractivity contribution in [2.45, 2.75) is 26.7 Å². The third kappa shape index (κ3) is 5.40. The van der Waals surface area contributed by atoms with Gasteiger partial charge in [-0.15, -0.1) is 0 Å². The molecule has 2 rings (SSSR count). The quantitative estimate of drug-likeness (QED) is 0.690. The summed E-state index contributed by atoms with van der Waals surface area (Å²) in [6.45, 7) is 5.90. The van der Waals surface area contributed by atoms with E-state index in [2.05, 4.69) is 38.8 Å². The van der Waals surface area contributed by atoms with Crippen LogP contribution in [0.1, 0.15) is 47.4 Å². The van der Waals surface area contributed by atoms with Gasteiger partial charge in [0.25, 0.3) is 5.91 Å². The van der Waals surface area contributed by atoms with Gasteiger partial charge in [-0.05, 0) is 31.0 Å². The van der Waals surface area contributed by atoms with Gasteiger partial charge >= 0.3 is 5.97 Å². The molecule has 7 nitrogen and oxygen atoms in total. The Balaban J connectivity index is 2.15. The number of carbonyl (C=O) groups is 2. The van der Waals surface area contributed by atoms with Crippen LogP contribution in [0.3, 0.4) is 0 Å². The lowest BCUT2D eigenvalue weighted by Crippen LogP contribution is -2.27. The number of esters is 1. The Morgan fingerprint density at radius 1 is 1.11 bits per heavy atom. The van der Waals surface area contributed by atoms with Crippen LogP contribution in [0, 0.1) is 0 Å². The zero-order valence-electron chi connectivity index (χ0n) is 15.7. The van der Waals surface area contributed by atoms with E-state index in [1.54, 1.807) is 0 Å². The molecule has 1 aromatic heterocycles. The standard InChI is InChI=1S/C19H23ClN4O3/c1-4-8-24(9-5-2)19-21-11-14(12-22-19)17(25)23-16-10-13(18(26)27-3)6-7-15(16)20/h6-7,10-12H,4-5,8-9H2,1-3H3,(H,23,25). The van der Waals surface area contributed by atoms with Crippen molar-refractivity contribution in [3.63, 3.8) is 0 Å². The molecule has 27 heavy (non-hydrogen) atoms. The first-order chi connectivity index (χ1) is 13.0. The smallest absolute Gasteiger partial charge is 0.337 e. The number of ether oxygens (including phenoxy) is 1. The Morgan fingerprint density at radius 2 is 1.74 bits per heavy atom. The summed E-state index contributed by atoms with van der Waals surface area (Å²) in [4.78, 5) is 34.8. The Morgan fingerprint density at radius 3 is 2.30 bits per heavy atom. The van der Waals surface area contributed by atoms with Gasteiger partial charge in [-0.25, -0.2) is 14.8 Å². The van der Waals surface area contributed by atoms with Crippen molar-refractivity contribution in [3.05, 3.63) is 46.7 Å². The van der Waals surface area contributed by atoms with Crippen LogP contribution < -0.4 is 10.2 Å². The molecule has 2 aromatic rings. The average Bonchev–Trinajstić information content (AvgIpc) is 2.69. The second-order valence-electron chi connectivity index (χ2n) is 5.90. The number of hydrogen-bond donors (Lipinski definition) is 1. The minimum atomic E-state index is -0.512. The summed E-state index contributed by atoms with van der Waals surface area (Å²) in [6, 6.07) is 4.51. The minimum Gasteiger partial charge on any atom is -0.465 e. The van der Waals surface area contributed by atoms with Crippen molar-refractivity contribution in [1.82, 2.24) is 9.97 Å². The van der Waals surface area contributed by atoms with Crippen LogP contribution in [-0.4, -0.2) is 42.0 Å². The highest BCUT2D eigenvalue weighted by Gasteiger charge is 2.14. The molecule has 8 heteroatoms. The second-order valence-corrected chi connectivity index (χ2v) is 6.31. The van der Waals surface area contributed by atoms with E-state index in [9.17, 15) is 9.59 Å². The molecule has 1 N–H and O–H groups in total. The van der Waals surface area contributed by atoms with Gasteiger partial charge in [-0.2, -0.15) is 0 Å². The Labute approximate surface area is 163 Å². The van der Waals surface area contributed by atoms with Gasteiger partial charge in [0.2, 0.25) is 5.95 Å². The highest BCUT2D eigenvalue weighted by atomic mass is 35.5. The van der Waals surface area contributed by atoms with Gasteiger partial charge in [0, 0.05) is 25.5 Å². The molecule has 0 fully saturated rings. The van der Waals surface area contributed by atoms with E-state index in [1.807, 2.05) is 0 Å². The van der Waals surface area contributed by atoms with Crippen molar-refractivity contribution >= 4 is 35.1 Å². The molecule has 0 radical (unpaired) electrons. The van der Waals surface area contributed by atoms with Crippen molar-refractivity contribution in [1.29, 1.82) is 0 Å². The van der Waals surface area contributed by atoms with E-state index in [4.69, 9.17) is 11.6 Å². The number of carbonyl (C=O) groups excluding carboxylic acids is 2. The number of rotatable bonds is 8. The number of nitrogens with one attached hydrogen (secondary N) is 1. The lowest BCUT2D eigenvalue weighted by Gasteiger charge is -2.21. The maximum absolute atomic E-state index is 12.5. The van der Waals surface area contributed by atoms with Gasteiger partial charge in [-0.3, -0.25) is 4.79 Å². The first kappa shape index (κ1) is 20.6. The molecule has 1 heterocycles. The summed E-state index contributed by atoms with van der Waals surface area (Å²) in [5, 5.41) is 2.98. The molecule has 0 spiro atoms. The van der Waals surface area contributed by atoms with E-state index in [0.717, 1.165) is 25.9 Å². The molecule has 0 atom stereocenters. The molecule has 0 saturated carbocycles. The summed E-state index contributed by atoms with van der Waals surface area (Å²) in [7, 11) is 1.29. The molecule has 1 aromatic carbocycles. The van der Waals surface area contributed by atoms with Crippen molar-refractivity contribution < 1.29 is 14.3 Å². The average molecular weight is 391 g/mol. The summed E-state index contributed by atoms with van der Waals surface area (Å²) in [6.07, 6.45) is 4.93. The Kier molecular flexibility index (Phi) is 7.55. The monoisotopic (exact) mass is 390 g/mol. The van der Waals surface area contributed by atoms with Gasteiger partial charge < -0.3 is 15.0 Å². The zero-order valence-corrected chi connectivity index (χ0v) is 16.4. The molecule has 0 unspecified atom stereocenters. The molecule has 0 aliphatic heterocycles. The van der Waals surface area contributed by atoms with Crippen molar-refractivity contribution in [2.24, 2.45) is 0 Å². The molecular formula is C19H23ClN4O3. The van der Waals surface area contributed by atoms with Gasteiger partial charge in [-0.1, -0.05) is 25.4 Å². The van der Waals surface area contributed by atoms with Crippen LogP contribution in [0.5, 0.6) is 0 Å². The number of nitrogens with zero attached hydrogens (tertiary/aromatic N) is 3. The highest BCUT2D eigenvalue weighted by molar-refractivity contribution is 6.34. The van der Waals surface area contributed by atoms with E-state index in [0.29, 0.717) is 27.8 Å². The molecule has 1 amide bonds. The minimum absolute atomic E-state index is 0.290. The molecule has 0 aliphatic carbocycles. The van der Waals surface area contributed by atoms with E-state index in [1.165, 1.54) is 37.7 Å². The van der Waals surface area contributed by atoms with Crippen LogP contribution >= 0.6 is 11.6 Å². The topological polar surface area (TPSA) is 84.4 Å². The lowest BCUT2D eigenvalue weighted by atomic mass is 10.2. The molecule has 0 bridgehead atoms. The van der Waals surface area contributed by atoms with Crippen LogP contribution in [0.25, 0.3) is 0 Å². The lowest BCUT2D eigenvalue weighted by molar-refractivity contribution is 0.0600. The zero-order chi connectivity index (χ0) is 19.8. The van der Waals surface area contributed by atoms with Gasteiger partial charge in [0.1, 0.15) is 0 Å². The largest absolute Gasteiger partial charge is 0.465 e. The molecular weight excluding hydrogens is 368 g/mol. The number of anilines is 2. The molecule has 0 aliphatic rings. The summed E-state index contributed by atoms with van der Waals surface area (Å²) >= 11 is 6.11. The van der Waals surface area contributed by atoms with Gasteiger partial charge in [0.05, 0.1) is 28.9 Å². The number of amides is 1. The second kappa shape index (κ2) is 9.87. The number of hydrogen-bond acceptors (Lipinski definition) is 6. The van der Waals surface area contributed by atoms with Gasteiger partial charge in [0.15, 0.2) is 0 Å². The third-order valence-corrected chi connectivity index (χ3v) is 4.14. The summed E-state index contributed by atoms with van der Waals surface area (Å²) in [5.41, 5.74) is 0.900. The number of halogens is 1. The van der Waals surface area contributed by atoms with Crippen molar-refractivity contribution in [2.75, 3.05) is 30.4 Å². The third-order valence-electron chi connectivity index (χ3n) is 3.81.